The molecule has 1 aromatic heterocycles. The number of carbonyl (C=O) groups excluding carboxylic acids is 1. The number of aromatic nitrogens is 1. The monoisotopic (exact) mass is 268 g/mol. The van der Waals surface area contributed by atoms with Crippen molar-refractivity contribution >= 4 is 22.9 Å². The Morgan fingerprint density at radius 1 is 1.25 bits per heavy atom. The number of amides is 1. The van der Waals surface area contributed by atoms with E-state index in [0.29, 0.717) is 29.2 Å². The number of ether oxygens (including phenoxy) is 1. The maximum Gasteiger partial charge on any atom is 0.260 e. The Morgan fingerprint density at radius 3 is 3.05 bits per heavy atom. The van der Waals surface area contributed by atoms with Crippen molar-refractivity contribution in [2.24, 2.45) is 0 Å². The number of nitrogens with one attached hydrogen (secondary N) is 1. The predicted octanol–water partition coefficient (Wildman–Crippen LogP) is 2.57. The molecule has 4 nitrogen and oxygen atoms in total. The number of rotatable bonds is 0. The zero-order valence-corrected chi connectivity index (χ0v) is 10.3. The second-order valence-electron chi connectivity index (χ2n) is 4.63. The van der Waals surface area contributed by atoms with Gasteiger partial charge in [-0.1, -0.05) is 0 Å². The third-order valence-corrected chi connectivity index (χ3v) is 3.44. The summed E-state index contributed by atoms with van der Waals surface area (Å²) in [6.45, 7) is 0.326. The highest BCUT2D eigenvalue weighted by Crippen LogP contribution is 2.41. The van der Waals surface area contributed by atoms with Crippen molar-refractivity contribution in [1.82, 2.24) is 4.98 Å². The van der Waals surface area contributed by atoms with Gasteiger partial charge in [-0.15, -0.1) is 0 Å². The minimum Gasteiger partial charge on any atom is -0.486 e. The molecule has 0 bridgehead atoms. The van der Waals surface area contributed by atoms with Crippen LogP contribution in [0.15, 0.2) is 36.5 Å². The normalized spacial score (nSPS) is 19.4. The number of hydrogen-bond donors (Lipinski definition) is 1. The molecule has 20 heavy (non-hydrogen) atoms. The summed E-state index contributed by atoms with van der Waals surface area (Å²) in [6.07, 6.45) is 1.68. The standard InChI is InChI=1S/C15H9FN2O2/c16-8-3-4-11-10(6-8)13(15(19)18-11)14-9-2-1-5-17-12(9)7-20-14/h1-6H,7H2,(H,18,19). The lowest BCUT2D eigenvalue weighted by atomic mass is 10.0. The van der Waals surface area contributed by atoms with Crippen LogP contribution in [0.4, 0.5) is 10.1 Å². The molecular formula is C15H9FN2O2. The fourth-order valence-electron chi connectivity index (χ4n) is 2.55. The van der Waals surface area contributed by atoms with Crippen LogP contribution in [0.5, 0.6) is 0 Å². The Labute approximate surface area is 113 Å². The quantitative estimate of drug-likeness (QED) is 0.747. The number of nitrogens with zero attached hydrogens (tertiary/aromatic N) is 1. The fraction of sp³-hybridized carbons (Fsp3) is 0.0667. The van der Waals surface area contributed by atoms with E-state index in [1.807, 2.05) is 6.07 Å². The van der Waals surface area contributed by atoms with Crippen molar-refractivity contribution in [2.45, 2.75) is 6.61 Å². The van der Waals surface area contributed by atoms with Crippen molar-refractivity contribution in [3.05, 3.63) is 59.2 Å². The van der Waals surface area contributed by atoms with Crippen LogP contribution in [0, 0.1) is 5.82 Å². The summed E-state index contributed by atoms with van der Waals surface area (Å²) in [5.41, 5.74) is 3.07. The summed E-state index contributed by atoms with van der Waals surface area (Å²) in [5.74, 6) is -0.199. The Kier molecular flexibility index (Phi) is 2.18. The number of anilines is 1. The van der Waals surface area contributed by atoms with Crippen LogP contribution in [0.1, 0.15) is 16.8 Å². The molecule has 0 spiro atoms. The third-order valence-electron chi connectivity index (χ3n) is 3.44. The second-order valence-corrected chi connectivity index (χ2v) is 4.63. The van der Waals surface area contributed by atoms with Gasteiger partial charge < -0.3 is 10.1 Å². The van der Waals surface area contributed by atoms with Crippen LogP contribution in [0.25, 0.3) is 11.3 Å². The Balaban J connectivity index is 1.98. The van der Waals surface area contributed by atoms with Gasteiger partial charge in [-0.05, 0) is 30.3 Å². The summed E-state index contributed by atoms with van der Waals surface area (Å²) < 4.78 is 19.0. The molecule has 1 amide bonds. The first-order chi connectivity index (χ1) is 9.74. The molecule has 98 valence electrons. The van der Waals surface area contributed by atoms with E-state index in [4.69, 9.17) is 4.74 Å². The number of fused-ring (bicyclic) bond motifs is 2. The molecule has 0 saturated carbocycles. The molecule has 5 heteroatoms. The molecule has 1 aromatic carbocycles. The highest BCUT2D eigenvalue weighted by molar-refractivity contribution is 6.36. The van der Waals surface area contributed by atoms with E-state index in [2.05, 4.69) is 10.3 Å². The van der Waals surface area contributed by atoms with Gasteiger partial charge >= 0.3 is 0 Å². The first kappa shape index (κ1) is 11.2. The van der Waals surface area contributed by atoms with Gasteiger partial charge in [0, 0.05) is 23.0 Å². The minimum atomic E-state index is -0.386. The van der Waals surface area contributed by atoms with Gasteiger partial charge in [0.05, 0.1) is 11.3 Å². The van der Waals surface area contributed by atoms with E-state index in [-0.39, 0.29) is 11.7 Å². The topological polar surface area (TPSA) is 51.2 Å². The summed E-state index contributed by atoms with van der Waals surface area (Å²) in [4.78, 5) is 16.4. The van der Waals surface area contributed by atoms with Crippen LogP contribution in [-0.4, -0.2) is 10.9 Å². The van der Waals surface area contributed by atoms with Gasteiger partial charge in [0.25, 0.3) is 5.91 Å². The van der Waals surface area contributed by atoms with Gasteiger partial charge in [0.15, 0.2) is 0 Å². The Hall–Kier alpha value is -2.69. The van der Waals surface area contributed by atoms with Crippen LogP contribution in [0.2, 0.25) is 0 Å². The number of pyridine rings is 1. The van der Waals surface area contributed by atoms with Crippen LogP contribution >= 0.6 is 0 Å². The van der Waals surface area contributed by atoms with Crippen LogP contribution in [-0.2, 0) is 16.1 Å². The van der Waals surface area contributed by atoms with Gasteiger partial charge in [0.1, 0.15) is 18.2 Å². The lowest BCUT2D eigenvalue weighted by molar-refractivity contribution is -0.110. The molecule has 1 N–H and O–H groups in total. The fourth-order valence-corrected chi connectivity index (χ4v) is 2.55. The van der Waals surface area contributed by atoms with Crippen LogP contribution in [0.3, 0.4) is 0 Å². The molecule has 0 unspecified atom stereocenters. The lowest BCUT2D eigenvalue weighted by Gasteiger charge is -2.04. The van der Waals surface area contributed by atoms with E-state index in [0.717, 1.165) is 11.3 Å². The van der Waals surface area contributed by atoms with Gasteiger partial charge in [-0.25, -0.2) is 4.39 Å². The number of carbonyl (C=O) groups is 1. The molecule has 0 saturated heterocycles. The minimum absolute atomic E-state index is 0.280. The molecule has 0 fully saturated rings. The van der Waals surface area contributed by atoms with Gasteiger partial charge in [0.2, 0.25) is 0 Å². The number of hydrogen-bond acceptors (Lipinski definition) is 3. The molecule has 0 aliphatic carbocycles. The second kappa shape index (κ2) is 3.90. The first-order valence-corrected chi connectivity index (χ1v) is 6.16. The van der Waals surface area contributed by atoms with Crippen LogP contribution < -0.4 is 5.32 Å². The highest BCUT2D eigenvalue weighted by Gasteiger charge is 2.32. The van der Waals surface area contributed by atoms with E-state index in [9.17, 15) is 9.18 Å². The number of benzene rings is 1. The van der Waals surface area contributed by atoms with Gasteiger partial charge in [-0.3, -0.25) is 9.78 Å². The maximum atomic E-state index is 13.4. The lowest BCUT2D eigenvalue weighted by Crippen LogP contribution is -2.05. The Bertz CT molecular complexity index is 783. The summed E-state index contributed by atoms with van der Waals surface area (Å²) in [6, 6.07) is 7.84. The molecule has 2 aliphatic rings. The zero-order valence-electron chi connectivity index (χ0n) is 10.3. The first-order valence-electron chi connectivity index (χ1n) is 6.16. The highest BCUT2D eigenvalue weighted by atomic mass is 19.1. The summed E-state index contributed by atoms with van der Waals surface area (Å²) >= 11 is 0. The van der Waals surface area contributed by atoms with Crippen molar-refractivity contribution in [1.29, 1.82) is 0 Å². The third kappa shape index (κ3) is 1.46. The largest absolute Gasteiger partial charge is 0.486 e. The van der Waals surface area contributed by atoms with E-state index >= 15 is 0 Å². The smallest absolute Gasteiger partial charge is 0.260 e. The molecule has 2 aromatic rings. The van der Waals surface area contributed by atoms with E-state index in [1.54, 1.807) is 18.3 Å². The average molecular weight is 268 g/mol. The van der Waals surface area contributed by atoms with Crippen molar-refractivity contribution in [3.63, 3.8) is 0 Å². The molecule has 4 rings (SSSR count). The molecule has 2 aliphatic heterocycles. The zero-order chi connectivity index (χ0) is 13.7. The molecule has 0 radical (unpaired) electrons. The van der Waals surface area contributed by atoms with E-state index < -0.39 is 0 Å². The Morgan fingerprint density at radius 2 is 2.15 bits per heavy atom. The molecular weight excluding hydrogens is 259 g/mol. The average Bonchev–Trinajstić information content (AvgIpc) is 2.99. The summed E-state index contributed by atoms with van der Waals surface area (Å²) in [5, 5.41) is 2.72. The summed E-state index contributed by atoms with van der Waals surface area (Å²) in [7, 11) is 0. The molecule has 0 atom stereocenters. The maximum absolute atomic E-state index is 13.4. The van der Waals surface area contributed by atoms with Crippen molar-refractivity contribution in [2.75, 3.05) is 5.32 Å². The SMILES string of the molecule is O=C1Nc2ccc(F)cc2C1=C1OCc2ncccc21. The van der Waals surface area contributed by atoms with Gasteiger partial charge in [-0.2, -0.15) is 0 Å². The number of halogens is 1. The van der Waals surface area contributed by atoms with E-state index in [1.165, 1.54) is 12.1 Å². The predicted molar refractivity (Wildman–Crippen MR) is 70.9 cm³/mol. The molecule has 3 heterocycles. The van der Waals surface area contributed by atoms with Crippen molar-refractivity contribution in [3.8, 4) is 0 Å². The van der Waals surface area contributed by atoms with Crippen molar-refractivity contribution < 1.29 is 13.9 Å².